The van der Waals surface area contributed by atoms with E-state index in [1.54, 1.807) is 4.90 Å². The SMILES string of the molecule is NC(=O)C1CN(c2nc(OCc3ccccc3)c3cnn(-c4ccc(F)cc4F)c3n2)C1. The minimum absolute atomic E-state index is 0.0404. The van der Waals surface area contributed by atoms with Crippen LogP contribution in [-0.4, -0.2) is 38.7 Å². The number of ether oxygens (including phenoxy) is 1. The maximum atomic E-state index is 14.5. The van der Waals surface area contributed by atoms with Crippen molar-refractivity contribution in [2.75, 3.05) is 18.0 Å². The van der Waals surface area contributed by atoms with Gasteiger partial charge in [0.1, 0.15) is 23.5 Å². The highest BCUT2D eigenvalue weighted by molar-refractivity contribution is 5.84. The Morgan fingerprint density at radius 1 is 1.12 bits per heavy atom. The van der Waals surface area contributed by atoms with E-state index in [-0.39, 0.29) is 30.0 Å². The van der Waals surface area contributed by atoms with Crippen LogP contribution in [-0.2, 0) is 11.4 Å². The summed E-state index contributed by atoms with van der Waals surface area (Å²) in [4.78, 5) is 22.2. The van der Waals surface area contributed by atoms with Gasteiger partial charge >= 0.3 is 0 Å². The number of amides is 1. The Balaban J connectivity index is 1.56. The normalized spacial score (nSPS) is 13.9. The number of hydrogen-bond acceptors (Lipinski definition) is 6. The molecule has 0 unspecified atom stereocenters. The van der Waals surface area contributed by atoms with E-state index >= 15 is 0 Å². The first-order valence-corrected chi connectivity index (χ1v) is 9.92. The molecule has 1 aliphatic heterocycles. The lowest BCUT2D eigenvalue weighted by atomic mass is 10.0. The molecule has 0 spiro atoms. The van der Waals surface area contributed by atoms with E-state index in [1.807, 2.05) is 30.3 Å². The van der Waals surface area contributed by atoms with Crippen LogP contribution in [0, 0.1) is 17.6 Å². The largest absolute Gasteiger partial charge is 0.472 e. The van der Waals surface area contributed by atoms with Crippen LogP contribution in [0.5, 0.6) is 5.88 Å². The van der Waals surface area contributed by atoms with Gasteiger partial charge in [-0.3, -0.25) is 4.79 Å². The highest BCUT2D eigenvalue weighted by atomic mass is 19.1. The zero-order valence-electron chi connectivity index (χ0n) is 16.8. The van der Waals surface area contributed by atoms with E-state index in [1.165, 1.54) is 16.9 Å². The van der Waals surface area contributed by atoms with Crippen molar-refractivity contribution >= 4 is 22.9 Å². The third-order valence-corrected chi connectivity index (χ3v) is 5.30. The standard InChI is InChI=1S/C22H18F2N6O2/c23-15-6-7-18(17(24)8-15)30-20-16(9-26-30)21(32-12-13-4-2-1-3-5-13)28-22(27-20)29-10-14(11-29)19(25)31/h1-9,14H,10-12H2,(H2,25,31). The number of carbonyl (C=O) groups is 1. The molecular formula is C22H18F2N6O2. The van der Waals surface area contributed by atoms with Gasteiger partial charge in [0.15, 0.2) is 11.5 Å². The smallest absolute Gasteiger partial charge is 0.230 e. The van der Waals surface area contributed by atoms with Crippen molar-refractivity contribution in [1.82, 2.24) is 19.7 Å². The average Bonchev–Trinajstić information content (AvgIpc) is 3.15. The van der Waals surface area contributed by atoms with E-state index in [9.17, 15) is 13.6 Å². The van der Waals surface area contributed by atoms with Gasteiger partial charge in [0.2, 0.25) is 17.7 Å². The Hall–Kier alpha value is -4.08. The van der Waals surface area contributed by atoms with Gasteiger partial charge in [-0.05, 0) is 17.7 Å². The number of nitrogens with zero attached hydrogens (tertiary/aromatic N) is 5. The lowest BCUT2D eigenvalue weighted by Gasteiger charge is -2.37. The Bertz CT molecular complexity index is 1300. The fourth-order valence-electron chi connectivity index (χ4n) is 3.50. The van der Waals surface area contributed by atoms with Crippen molar-refractivity contribution < 1.29 is 18.3 Å². The molecule has 4 aromatic rings. The summed E-state index contributed by atoms with van der Waals surface area (Å²) < 4.78 is 35.1. The van der Waals surface area contributed by atoms with Crippen molar-refractivity contribution in [3.63, 3.8) is 0 Å². The van der Waals surface area contributed by atoms with Crippen LogP contribution in [0.4, 0.5) is 14.7 Å². The number of fused-ring (bicyclic) bond motifs is 1. The number of hydrogen-bond donors (Lipinski definition) is 1. The van der Waals surface area contributed by atoms with Crippen molar-refractivity contribution in [1.29, 1.82) is 0 Å². The van der Waals surface area contributed by atoms with Gasteiger partial charge in [-0.25, -0.2) is 13.5 Å². The van der Waals surface area contributed by atoms with Crippen LogP contribution in [0.1, 0.15) is 5.56 Å². The Morgan fingerprint density at radius 2 is 1.91 bits per heavy atom. The number of nitrogens with two attached hydrogens (primary N) is 1. The second kappa shape index (κ2) is 7.88. The first-order valence-electron chi connectivity index (χ1n) is 9.92. The summed E-state index contributed by atoms with van der Waals surface area (Å²) in [5.41, 5.74) is 6.64. The van der Waals surface area contributed by atoms with E-state index in [4.69, 9.17) is 10.5 Å². The van der Waals surface area contributed by atoms with Crippen molar-refractivity contribution in [2.45, 2.75) is 6.61 Å². The molecule has 1 saturated heterocycles. The van der Waals surface area contributed by atoms with Crippen LogP contribution in [0.3, 0.4) is 0 Å². The molecule has 8 nitrogen and oxygen atoms in total. The fourth-order valence-corrected chi connectivity index (χ4v) is 3.50. The topological polar surface area (TPSA) is 99.2 Å². The van der Waals surface area contributed by atoms with Crippen molar-refractivity contribution in [2.24, 2.45) is 11.7 Å². The third kappa shape index (κ3) is 3.59. The van der Waals surface area contributed by atoms with Gasteiger partial charge in [0.05, 0.1) is 12.1 Å². The predicted octanol–water partition coefficient (Wildman–Crippen LogP) is 2.59. The van der Waals surface area contributed by atoms with Gasteiger partial charge < -0.3 is 15.4 Å². The Labute approximate surface area is 181 Å². The summed E-state index contributed by atoms with van der Waals surface area (Å²) in [6, 6.07) is 12.8. The van der Waals surface area contributed by atoms with E-state index in [0.29, 0.717) is 30.1 Å². The first-order chi connectivity index (χ1) is 15.5. The first kappa shape index (κ1) is 19.9. The number of benzene rings is 2. The molecule has 10 heteroatoms. The van der Waals surface area contributed by atoms with Crippen LogP contribution in [0.25, 0.3) is 16.7 Å². The van der Waals surface area contributed by atoms with Gasteiger partial charge in [-0.15, -0.1) is 0 Å². The minimum Gasteiger partial charge on any atom is -0.472 e. The second-order valence-corrected chi connectivity index (χ2v) is 7.50. The number of halogens is 2. The van der Waals surface area contributed by atoms with Gasteiger partial charge in [-0.2, -0.15) is 15.1 Å². The summed E-state index contributed by atoms with van der Waals surface area (Å²) in [7, 11) is 0. The summed E-state index contributed by atoms with van der Waals surface area (Å²) in [6.07, 6.45) is 1.48. The van der Waals surface area contributed by atoms with Gasteiger partial charge in [0, 0.05) is 19.2 Å². The molecule has 1 fully saturated rings. The van der Waals surface area contributed by atoms with Crippen LogP contribution in [0.15, 0.2) is 54.7 Å². The summed E-state index contributed by atoms with van der Waals surface area (Å²) in [5, 5.41) is 4.71. The minimum atomic E-state index is -0.778. The zero-order valence-corrected chi connectivity index (χ0v) is 16.8. The van der Waals surface area contributed by atoms with E-state index < -0.39 is 11.6 Å². The van der Waals surface area contributed by atoms with Crippen LogP contribution < -0.4 is 15.4 Å². The lowest BCUT2D eigenvalue weighted by Crippen LogP contribution is -2.53. The summed E-state index contributed by atoms with van der Waals surface area (Å²) in [5.74, 6) is -1.57. The molecule has 0 saturated carbocycles. The van der Waals surface area contributed by atoms with Crippen LogP contribution in [0.2, 0.25) is 0 Å². The molecule has 0 bridgehead atoms. The summed E-state index contributed by atoms with van der Waals surface area (Å²) in [6.45, 7) is 1.00. The molecule has 3 heterocycles. The number of primary amides is 1. The molecule has 2 aromatic heterocycles. The highest BCUT2D eigenvalue weighted by Crippen LogP contribution is 2.31. The molecule has 1 amide bonds. The third-order valence-electron chi connectivity index (χ3n) is 5.30. The second-order valence-electron chi connectivity index (χ2n) is 7.50. The molecular weight excluding hydrogens is 418 g/mol. The van der Waals surface area contributed by atoms with Crippen molar-refractivity contribution in [3.05, 3.63) is 71.9 Å². The molecule has 162 valence electrons. The number of anilines is 1. The Morgan fingerprint density at radius 3 is 2.62 bits per heavy atom. The van der Waals surface area contributed by atoms with Gasteiger partial charge in [0.25, 0.3) is 0 Å². The molecule has 0 atom stereocenters. The van der Waals surface area contributed by atoms with Crippen LogP contribution >= 0.6 is 0 Å². The summed E-state index contributed by atoms with van der Waals surface area (Å²) >= 11 is 0. The zero-order chi connectivity index (χ0) is 22.2. The molecule has 2 aromatic carbocycles. The molecule has 32 heavy (non-hydrogen) atoms. The predicted molar refractivity (Wildman–Crippen MR) is 112 cm³/mol. The molecule has 0 radical (unpaired) electrons. The Kier molecular flexibility index (Phi) is 4.89. The number of aromatic nitrogens is 4. The molecule has 2 N–H and O–H groups in total. The average molecular weight is 436 g/mol. The van der Waals surface area contributed by atoms with E-state index in [0.717, 1.165) is 17.7 Å². The highest BCUT2D eigenvalue weighted by Gasteiger charge is 2.33. The number of carbonyl (C=O) groups excluding carboxylic acids is 1. The van der Waals surface area contributed by atoms with Gasteiger partial charge in [-0.1, -0.05) is 30.3 Å². The monoisotopic (exact) mass is 436 g/mol. The van der Waals surface area contributed by atoms with E-state index in [2.05, 4.69) is 15.1 Å². The van der Waals surface area contributed by atoms with Crippen molar-refractivity contribution in [3.8, 4) is 11.6 Å². The number of rotatable bonds is 6. The fraction of sp³-hybridized carbons (Fsp3) is 0.182. The molecule has 0 aliphatic carbocycles. The maximum absolute atomic E-state index is 14.5. The molecule has 1 aliphatic rings. The molecule has 5 rings (SSSR count). The maximum Gasteiger partial charge on any atom is 0.230 e. The lowest BCUT2D eigenvalue weighted by molar-refractivity contribution is -0.122. The quantitative estimate of drug-likeness (QED) is 0.499.